The van der Waals surface area contributed by atoms with Gasteiger partial charge in [-0.25, -0.2) is 4.98 Å². The standard InChI is InChI=1S/C22H34N4O2S2/c1-6-25(7-2)20(27)15(3)29-22-23-19-18(16-11-8-9-12-17(16)30-19)21(28)26(22)14-10-13-24(4)5/h15H,6-14H2,1-5H3. The molecule has 0 fully saturated rings. The van der Waals surface area contributed by atoms with Crippen LogP contribution >= 0.6 is 23.1 Å². The Morgan fingerprint density at radius 2 is 1.93 bits per heavy atom. The van der Waals surface area contributed by atoms with Gasteiger partial charge < -0.3 is 9.80 Å². The number of rotatable bonds is 9. The summed E-state index contributed by atoms with van der Waals surface area (Å²) in [7, 11) is 4.08. The van der Waals surface area contributed by atoms with E-state index in [1.165, 1.54) is 28.6 Å². The number of aromatic nitrogens is 2. The van der Waals surface area contributed by atoms with E-state index < -0.39 is 0 Å². The molecule has 2 aromatic rings. The molecule has 0 bridgehead atoms. The highest BCUT2D eigenvalue weighted by molar-refractivity contribution is 8.00. The Hall–Kier alpha value is -1.38. The zero-order chi connectivity index (χ0) is 21.8. The summed E-state index contributed by atoms with van der Waals surface area (Å²) in [5.41, 5.74) is 1.30. The van der Waals surface area contributed by atoms with E-state index in [-0.39, 0.29) is 16.7 Å². The molecule has 0 saturated heterocycles. The smallest absolute Gasteiger partial charge is 0.263 e. The van der Waals surface area contributed by atoms with Crippen molar-refractivity contribution in [3.8, 4) is 0 Å². The Morgan fingerprint density at radius 3 is 2.60 bits per heavy atom. The Balaban J connectivity index is 2.00. The van der Waals surface area contributed by atoms with Crippen LogP contribution in [0, 0.1) is 0 Å². The van der Waals surface area contributed by atoms with Gasteiger partial charge in [-0.1, -0.05) is 11.8 Å². The fraction of sp³-hybridized carbons (Fsp3) is 0.682. The molecule has 0 radical (unpaired) electrons. The molecule has 0 N–H and O–H groups in total. The lowest BCUT2D eigenvalue weighted by atomic mass is 9.97. The molecule has 0 spiro atoms. The van der Waals surface area contributed by atoms with Crippen molar-refractivity contribution in [3.63, 3.8) is 0 Å². The number of thioether (sulfide) groups is 1. The largest absolute Gasteiger partial charge is 0.342 e. The van der Waals surface area contributed by atoms with Crippen LogP contribution in [0.5, 0.6) is 0 Å². The number of nitrogens with zero attached hydrogens (tertiary/aromatic N) is 4. The van der Waals surface area contributed by atoms with Crippen molar-refractivity contribution in [1.82, 2.24) is 19.4 Å². The highest BCUT2D eigenvalue weighted by atomic mass is 32.2. The minimum atomic E-state index is -0.274. The predicted molar refractivity (Wildman–Crippen MR) is 127 cm³/mol. The second-order valence-corrected chi connectivity index (χ2v) is 10.6. The SMILES string of the molecule is CCN(CC)C(=O)C(C)Sc1nc2sc3c(c2c(=O)n1CCCN(C)C)CCCC3. The average Bonchev–Trinajstić information content (AvgIpc) is 3.09. The van der Waals surface area contributed by atoms with Gasteiger partial charge in [-0.05, 0) is 79.1 Å². The molecule has 6 nitrogen and oxygen atoms in total. The Morgan fingerprint density at radius 1 is 1.23 bits per heavy atom. The van der Waals surface area contributed by atoms with Gasteiger partial charge in [0.15, 0.2) is 5.16 Å². The van der Waals surface area contributed by atoms with Gasteiger partial charge in [0.1, 0.15) is 4.83 Å². The van der Waals surface area contributed by atoms with Gasteiger partial charge in [0.25, 0.3) is 5.56 Å². The van der Waals surface area contributed by atoms with Gasteiger partial charge in [0.2, 0.25) is 5.91 Å². The van der Waals surface area contributed by atoms with Crippen LogP contribution in [0.3, 0.4) is 0 Å². The molecule has 166 valence electrons. The van der Waals surface area contributed by atoms with Crippen LogP contribution < -0.4 is 5.56 Å². The Bertz CT molecular complexity index is 947. The van der Waals surface area contributed by atoms with E-state index in [0.717, 1.165) is 42.4 Å². The molecule has 30 heavy (non-hydrogen) atoms. The number of thiophene rings is 1. The molecule has 2 aromatic heterocycles. The number of amides is 1. The van der Waals surface area contributed by atoms with Crippen molar-refractivity contribution >= 4 is 39.2 Å². The fourth-order valence-corrected chi connectivity index (χ4v) is 6.37. The second-order valence-electron chi connectivity index (χ2n) is 8.17. The number of carbonyl (C=O) groups excluding carboxylic acids is 1. The van der Waals surface area contributed by atoms with Crippen LogP contribution in [0.2, 0.25) is 0 Å². The number of aryl methyl sites for hydroxylation is 2. The van der Waals surface area contributed by atoms with Crippen molar-refractivity contribution < 1.29 is 4.79 Å². The summed E-state index contributed by atoms with van der Waals surface area (Å²) in [6.07, 6.45) is 5.24. The summed E-state index contributed by atoms with van der Waals surface area (Å²) >= 11 is 3.10. The minimum Gasteiger partial charge on any atom is -0.342 e. The molecule has 1 atom stereocenters. The van der Waals surface area contributed by atoms with Crippen LogP contribution in [0.15, 0.2) is 9.95 Å². The lowest BCUT2D eigenvalue weighted by Gasteiger charge is -2.23. The summed E-state index contributed by atoms with van der Waals surface area (Å²) in [5.74, 6) is 0.102. The van der Waals surface area contributed by atoms with Crippen LogP contribution in [-0.4, -0.2) is 64.2 Å². The summed E-state index contributed by atoms with van der Waals surface area (Å²) in [6, 6.07) is 0. The van der Waals surface area contributed by atoms with Gasteiger partial charge >= 0.3 is 0 Å². The van der Waals surface area contributed by atoms with Crippen LogP contribution in [0.1, 0.15) is 50.5 Å². The molecule has 0 aromatic carbocycles. The van der Waals surface area contributed by atoms with Gasteiger partial charge in [0, 0.05) is 24.5 Å². The summed E-state index contributed by atoms with van der Waals surface area (Å²) in [5, 5.41) is 1.23. The summed E-state index contributed by atoms with van der Waals surface area (Å²) in [4.78, 5) is 37.5. The van der Waals surface area contributed by atoms with Gasteiger partial charge in [-0.2, -0.15) is 0 Å². The molecular formula is C22H34N4O2S2. The molecule has 1 unspecified atom stereocenters. The molecule has 3 rings (SSSR count). The van der Waals surface area contributed by atoms with E-state index in [4.69, 9.17) is 4.98 Å². The maximum atomic E-state index is 13.6. The molecule has 1 aliphatic carbocycles. The summed E-state index contributed by atoms with van der Waals surface area (Å²) < 4.78 is 1.82. The first-order valence-electron chi connectivity index (χ1n) is 11.0. The first-order valence-corrected chi connectivity index (χ1v) is 12.7. The minimum absolute atomic E-state index is 0.0724. The normalized spacial score (nSPS) is 14.9. The molecule has 2 heterocycles. The van der Waals surface area contributed by atoms with Crippen molar-refractivity contribution in [2.45, 2.75) is 69.8 Å². The third-order valence-corrected chi connectivity index (χ3v) is 8.00. The van der Waals surface area contributed by atoms with E-state index in [1.54, 1.807) is 11.3 Å². The van der Waals surface area contributed by atoms with E-state index in [0.29, 0.717) is 24.8 Å². The van der Waals surface area contributed by atoms with E-state index in [9.17, 15) is 9.59 Å². The number of hydrogen-bond donors (Lipinski definition) is 0. The second kappa shape index (κ2) is 10.3. The van der Waals surface area contributed by atoms with Crippen molar-refractivity contribution in [2.24, 2.45) is 0 Å². The third kappa shape index (κ3) is 4.92. The number of fused-ring (bicyclic) bond motifs is 3. The monoisotopic (exact) mass is 450 g/mol. The lowest BCUT2D eigenvalue weighted by Crippen LogP contribution is -2.36. The molecule has 0 saturated carbocycles. The topological polar surface area (TPSA) is 58.4 Å². The molecule has 8 heteroatoms. The van der Waals surface area contributed by atoms with Gasteiger partial charge in [-0.15, -0.1) is 11.3 Å². The quantitative estimate of drug-likeness (QED) is 0.431. The number of hydrogen-bond acceptors (Lipinski definition) is 6. The van der Waals surface area contributed by atoms with E-state index in [2.05, 4.69) is 4.90 Å². The van der Waals surface area contributed by atoms with Crippen molar-refractivity contribution in [2.75, 3.05) is 33.7 Å². The van der Waals surface area contributed by atoms with E-state index >= 15 is 0 Å². The van der Waals surface area contributed by atoms with E-state index in [1.807, 2.05) is 44.3 Å². The van der Waals surface area contributed by atoms with Gasteiger partial charge in [0.05, 0.1) is 10.6 Å². The van der Waals surface area contributed by atoms with Crippen molar-refractivity contribution in [3.05, 3.63) is 20.8 Å². The first kappa shape index (κ1) is 23.3. The molecular weight excluding hydrogens is 416 g/mol. The first-order chi connectivity index (χ1) is 14.4. The Labute approximate surface area is 187 Å². The van der Waals surface area contributed by atoms with Crippen LogP contribution in [0.25, 0.3) is 10.2 Å². The highest BCUT2D eigenvalue weighted by Gasteiger charge is 2.25. The zero-order valence-electron chi connectivity index (χ0n) is 18.9. The maximum Gasteiger partial charge on any atom is 0.263 e. The zero-order valence-corrected chi connectivity index (χ0v) is 20.5. The fourth-order valence-electron chi connectivity index (χ4n) is 4.05. The lowest BCUT2D eigenvalue weighted by molar-refractivity contribution is -0.129. The highest BCUT2D eigenvalue weighted by Crippen LogP contribution is 2.35. The average molecular weight is 451 g/mol. The Kier molecular flexibility index (Phi) is 7.98. The van der Waals surface area contributed by atoms with Gasteiger partial charge in [-0.3, -0.25) is 14.2 Å². The van der Waals surface area contributed by atoms with Crippen molar-refractivity contribution in [1.29, 1.82) is 0 Å². The molecule has 0 aliphatic heterocycles. The van der Waals surface area contributed by atoms with Crippen LogP contribution in [-0.2, 0) is 24.2 Å². The molecule has 1 amide bonds. The maximum absolute atomic E-state index is 13.6. The number of carbonyl (C=O) groups is 1. The third-order valence-electron chi connectivity index (χ3n) is 5.73. The molecule has 1 aliphatic rings. The summed E-state index contributed by atoms with van der Waals surface area (Å²) in [6.45, 7) is 8.83. The predicted octanol–water partition coefficient (Wildman–Crippen LogP) is 3.64. The van der Waals surface area contributed by atoms with Crippen LogP contribution in [0.4, 0.5) is 0 Å².